The minimum absolute atomic E-state index is 0.0270. The van der Waals surface area contributed by atoms with Crippen molar-refractivity contribution in [2.24, 2.45) is 0 Å². The maximum Gasteiger partial charge on any atom is 0.343 e. The lowest BCUT2D eigenvalue weighted by Crippen LogP contribution is -2.62. The number of fused-ring (bicyclic) bond motifs is 12. The number of para-hydroxylation sites is 2. The van der Waals surface area contributed by atoms with Crippen LogP contribution >= 0.6 is 22.7 Å². The van der Waals surface area contributed by atoms with Crippen LogP contribution in [-0.4, -0.2) is 6.85 Å². The normalized spacial score (nSPS) is 14.3. The van der Waals surface area contributed by atoms with Crippen LogP contribution in [0.2, 0.25) is 0 Å². The van der Waals surface area contributed by atoms with Gasteiger partial charge in [0, 0.05) is 68.8 Å². The van der Waals surface area contributed by atoms with Gasteiger partial charge in [0.2, 0.25) is 0 Å². The summed E-state index contributed by atoms with van der Waals surface area (Å²) in [5, 5.41) is 3.90. The molecule has 0 spiro atoms. The number of hydrogen-bond donors (Lipinski definition) is 0. The zero-order valence-corrected chi connectivity index (χ0v) is 38.6. The third-order valence-corrected chi connectivity index (χ3v) is 17.1. The molecule has 14 rings (SSSR count). The zero-order valence-electron chi connectivity index (χ0n) is 36.9. The SMILES string of the molecule is CC(C)(C)c1ccc(N2c3cc4c(sc5ccccc54)c4c3B(c3sc5ccccc5c32)N2c3ccccc3C(c3ccccc3)(c3ccccc3)c3cccc-4c32)c(-c2ccccc2)c1. The molecule has 0 atom stereocenters. The van der Waals surface area contributed by atoms with Gasteiger partial charge in [0.05, 0.1) is 16.8 Å². The van der Waals surface area contributed by atoms with E-state index in [2.05, 4.69) is 237 Å². The van der Waals surface area contributed by atoms with Gasteiger partial charge < -0.3 is 9.71 Å². The van der Waals surface area contributed by atoms with Crippen LogP contribution in [0, 0.1) is 0 Å². The third kappa shape index (κ3) is 5.07. The standard InChI is InChI=1S/C61H43BN2S2/c1-60(2,3)41-34-35-49(45(36-41)38-20-7-4-8-21-38)63-51-37-46-42-26-13-17-32-52(42)65-58(46)54-44-28-19-30-48-56(44)64(62(55(51)54)59-57(63)43-27-14-18-33-53(43)66-59)50-31-16-15-29-47(50)61(48,39-22-9-5-10-23-39)40-24-11-6-12-25-40/h4-37H,1-3H3. The molecule has 3 aliphatic heterocycles. The first kappa shape index (κ1) is 38.1. The van der Waals surface area contributed by atoms with Crippen molar-refractivity contribution in [2.75, 3.05) is 9.71 Å². The molecule has 0 bridgehead atoms. The fourth-order valence-electron chi connectivity index (χ4n) is 11.9. The number of anilines is 5. The highest BCUT2D eigenvalue weighted by molar-refractivity contribution is 7.33. The molecule has 0 saturated heterocycles. The molecule has 0 fully saturated rings. The van der Waals surface area contributed by atoms with Crippen molar-refractivity contribution in [3.05, 3.63) is 234 Å². The van der Waals surface area contributed by atoms with E-state index in [0.29, 0.717) is 0 Å². The molecule has 0 saturated carbocycles. The molecule has 66 heavy (non-hydrogen) atoms. The van der Waals surface area contributed by atoms with E-state index in [-0.39, 0.29) is 12.3 Å². The van der Waals surface area contributed by atoms with E-state index in [0.717, 1.165) is 0 Å². The van der Waals surface area contributed by atoms with Crippen molar-refractivity contribution in [1.29, 1.82) is 0 Å². The average Bonchev–Trinajstić information content (AvgIpc) is 3.94. The smallest absolute Gasteiger partial charge is 0.343 e. The molecule has 3 aliphatic rings. The Labute approximate surface area is 393 Å². The summed E-state index contributed by atoms with van der Waals surface area (Å²) in [6.45, 7) is 6.88. The number of benzene rings is 9. The second kappa shape index (κ2) is 13.9. The average molecular weight is 879 g/mol. The third-order valence-electron chi connectivity index (χ3n) is 14.6. The van der Waals surface area contributed by atoms with Gasteiger partial charge in [0.25, 0.3) is 0 Å². The van der Waals surface area contributed by atoms with Crippen LogP contribution in [0.25, 0.3) is 52.5 Å². The molecule has 0 amide bonds. The van der Waals surface area contributed by atoms with Gasteiger partial charge in [-0.25, -0.2) is 0 Å². The maximum absolute atomic E-state index is 2.77. The van der Waals surface area contributed by atoms with Crippen molar-refractivity contribution in [3.8, 4) is 22.3 Å². The molecule has 11 aromatic rings. The minimum atomic E-state index is -0.571. The Kier molecular flexibility index (Phi) is 8.04. The lowest BCUT2D eigenvalue weighted by atomic mass is 9.45. The van der Waals surface area contributed by atoms with Gasteiger partial charge >= 0.3 is 6.85 Å². The summed E-state index contributed by atoms with van der Waals surface area (Å²) in [6.07, 6.45) is 0. The van der Waals surface area contributed by atoms with Crippen molar-refractivity contribution in [1.82, 2.24) is 0 Å². The van der Waals surface area contributed by atoms with Gasteiger partial charge in [-0.2, -0.15) is 0 Å². The lowest BCUT2D eigenvalue weighted by Gasteiger charge is -2.52. The molecule has 312 valence electrons. The topological polar surface area (TPSA) is 6.48 Å². The summed E-state index contributed by atoms with van der Waals surface area (Å²) in [4.78, 5) is 5.44. The number of thiophene rings is 2. The van der Waals surface area contributed by atoms with Crippen LogP contribution in [0.3, 0.4) is 0 Å². The van der Waals surface area contributed by atoms with Gasteiger partial charge in [-0.15, -0.1) is 22.7 Å². The van der Waals surface area contributed by atoms with E-state index in [1.54, 1.807) is 0 Å². The Balaban J connectivity index is 1.18. The van der Waals surface area contributed by atoms with Crippen LogP contribution in [0.15, 0.2) is 206 Å². The van der Waals surface area contributed by atoms with E-state index in [4.69, 9.17) is 0 Å². The van der Waals surface area contributed by atoms with E-state index >= 15 is 0 Å². The molecule has 2 aromatic heterocycles. The first-order valence-electron chi connectivity index (χ1n) is 23.0. The molecule has 5 heteroatoms. The van der Waals surface area contributed by atoms with Crippen LogP contribution in [-0.2, 0) is 10.8 Å². The largest absolute Gasteiger partial charge is 0.375 e. The molecule has 0 aliphatic carbocycles. The number of rotatable bonds is 4. The summed E-state index contributed by atoms with van der Waals surface area (Å²) in [5.74, 6) is 0. The van der Waals surface area contributed by atoms with E-state index in [9.17, 15) is 0 Å². The molecule has 0 N–H and O–H groups in total. The summed E-state index contributed by atoms with van der Waals surface area (Å²) < 4.78 is 5.34. The quantitative estimate of drug-likeness (QED) is 0.163. The number of hydrogen-bond acceptors (Lipinski definition) is 4. The lowest BCUT2D eigenvalue weighted by molar-refractivity contribution is 0.590. The minimum Gasteiger partial charge on any atom is -0.375 e. The molecule has 0 radical (unpaired) electrons. The first-order chi connectivity index (χ1) is 32.4. The molecule has 0 unspecified atom stereocenters. The fourth-order valence-corrected chi connectivity index (χ4v) is 14.4. The van der Waals surface area contributed by atoms with Gasteiger partial charge in [-0.1, -0.05) is 191 Å². The Morgan fingerprint density at radius 3 is 1.82 bits per heavy atom. The Hall–Kier alpha value is -7.18. The fraction of sp³-hybridized carbons (Fsp3) is 0.0820. The van der Waals surface area contributed by atoms with Crippen LogP contribution in [0.1, 0.15) is 48.6 Å². The van der Waals surface area contributed by atoms with E-state index < -0.39 is 5.41 Å². The van der Waals surface area contributed by atoms with Crippen LogP contribution in [0.4, 0.5) is 28.4 Å². The molecular formula is C61H43BN2S2. The zero-order chi connectivity index (χ0) is 43.9. The summed E-state index contributed by atoms with van der Waals surface area (Å²) in [7, 11) is 0. The predicted molar refractivity (Wildman–Crippen MR) is 284 cm³/mol. The van der Waals surface area contributed by atoms with Gasteiger partial charge in [0.1, 0.15) is 0 Å². The van der Waals surface area contributed by atoms with E-state index in [1.165, 1.54) is 119 Å². The van der Waals surface area contributed by atoms with Crippen LogP contribution in [0.5, 0.6) is 0 Å². The summed E-state index contributed by atoms with van der Waals surface area (Å²) in [6, 6.07) is 78.1. The van der Waals surface area contributed by atoms with Crippen molar-refractivity contribution in [3.63, 3.8) is 0 Å². The number of nitrogens with zero attached hydrogens (tertiary/aromatic N) is 2. The monoisotopic (exact) mass is 878 g/mol. The van der Waals surface area contributed by atoms with Gasteiger partial charge in [-0.3, -0.25) is 0 Å². The van der Waals surface area contributed by atoms with E-state index in [1.807, 2.05) is 22.7 Å². The Morgan fingerprint density at radius 2 is 1.09 bits per heavy atom. The van der Waals surface area contributed by atoms with Gasteiger partial charge in [0.15, 0.2) is 0 Å². The molecule has 9 aromatic carbocycles. The predicted octanol–water partition coefficient (Wildman–Crippen LogP) is 15.6. The maximum atomic E-state index is 2.77. The second-order valence-electron chi connectivity index (χ2n) is 19.1. The van der Waals surface area contributed by atoms with Gasteiger partial charge in [-0.05, 0) is 80.7 Å². The highest BCUT2D eigenvalue weighted by atomic mass is 32.1. The second-order valence-corrected chi connectivity index (χ2v) is 21.3. The van der Waals surface area contributed by atoms with Crippen LogP contribution < -0.4 is 20.0 Å². The highest BCUT2D eigenvalue weighted by Crippen LogP contribution is 2.62. The highest BCUT2D eigenvalue weighted by Gasteiger charge is 2.54. The summed E-state index contributed by atoms with van der Waals surface area (Å²) >= 11 is 3.92. The van der Waals surface area contributed by atoms with Crippen molar-refractivity contribution >= 4 is 98.5 Å². The molecule has 5 heterocycles. The van der Waals surface area contributed by atoms with Crippen molar-refractivity contribution < 1.29 is 0 Å². The Bertz CT molecular complexity index is 3730. The molecular weight excluding hydrogens is 836 g/mol. The first-order valence-corrected chi connectivity index (χ1v) is 24.7. The molecule has 2 nitrogen and oxygen atoms in total. The Morgan fingerprint density at radius 1 is 0.470 bits per heavy atom. The van der Waals surface area contributed by atoms with Crippen molar-refractivity contribution in [2.45, 2.75) is 31.6 Å². The summed E-state index contributed by atoms with van der Waals surface area (Å²) in [5.41, 5.74) is 18.6.